The first-order valence-electron chi connectivity index (χ1n) is 10.5. The molecule has 1 aliphatic heterocycles. The summed E-state index contributed by atoms with van der Waals surface area (Å²) in [6, 6.07) is 12.4. The van der Waals surface area contributed by atoms with Crippen LogP contribution in [0.2, 0.25) is 0 Å². The molecule has 2 heterocycles. The van der Waals surface area contributed by atoms with Crippen molar-refractivity contribution < 1.29 is 9.53 Å². The molecule has 3 rings (SSSR count). The fraction of sp³-hybridized carbons (Fsp3) is 0.455. The minimum Gasteiger partial charge on any atom is -0.484 e. The number of nitrogens with one attached hydrogen (secondary N) is 2. The smallest absolute Gasteiger partial charge is 0.255 e. The van der Waals surface area contributed by atoms with E-state index in [1.807, 2.05) is 35.6 Å². The van der Waals surface area contributed by atoms with Crippen LogP contribution in [0.1, 0.15) is 25.3 Å². The normalized spacial score (nSPS) is 15.1. The highest BCUT2D eigenvalue weighted by Crippen LogP contribution is 2.24. The molecule has 1 aromatic carbocycles. The van der Waals surface area contributed by atoms with Gasteiger partial charge in [0.15, 0.2) is 12.6 Å². The van der Waals surface area contributed by atoms with Crippen LogP contribution in [0.25, 0.3) is 0 Å². The molecule has 1 amide bonds. The summed E-state index contributed by atoms with van der Waals surface area (Å²) < 4.78 is 5.29. The van der Waals surface area contributed by atoms with Crippen molar-refractivity contribution in [2.24, 2.45) is 10.7 Å². The van der Waals surface area contributed by atoms with Gasteiger partial charge in [0, 0.05) is 32.2 Å². The van der Waals surface area contributed by atoms with Crippen LogP contribution >= 0.6 is 11.3 Å². The second kappa shape index (κ2) is 11.4. The summed E-state index contributed by atoms with van der Waals surface area (Å²) in [5.41, 5.74) is 6.26. The van der Waals surface area contributed by atoms with E-state index in [1.165, 1.54) is 10.6 Å². The van der Waals surface area contributed by atoms with Crippen molar-refractivity contribution in [1.82, 2.24) is 10.6 Å². The first kappa shape index (κ1) is 22.0. The van der Waals surface area contributed by atoms with Gasteiger partial charge in [-0.1, -0.05) is 12.1 Å². The Morgan fingerprint density at radius 1 is 1.27 bits per heavy atom. The van der Waals surface area contributed by atoms with Crippen LogP contribution in [-0.4, -0.2) is 50.7 Å². The molecule has 2 aromatic rings. The van der Waals surface area contributed by atoms with Gasteiger partial charge in [0.1, 0.15) is 5.75 Å². The van der Waals surface area contributed by atoms with E-state index in [-0.39, 0.29) is 6.61 Å². The molecule has 0 bridgehead atoms. The van der Waals surface area contributed by atoms with Crippen molar-refractivity contribution in [3.63, 3.8) is 0 Å². The summed E-state index contributed by atoms with van der Waals surface area (Å²) in [5, 5.41) is 10.4. The third-order valence-electron chi connectivity index (χ3n) is 4.97. The van der Waals surface area contributed by atoms with Crippen molar-refractivity contribution in [2.75, 3.05) is 37.7 Å². The fourth-order valence-electron chi connectivity index (χ4n) is 3.41. The number of anilines is 1. The topological polar surface area (TPSA) is 92.0 Å². The second-order valence-electron chi connectivity index (χ2n) is 7.27. The number of piperidine rings is 1. The number of primary amides is 1. The molecule has 0 saturated carbocycles. The van der Waals surface area contributed by atoms with Crippen LogP contribution in [0, 0.1) is 0 Å². The number of benzene rings is 1. The number of hydrogen-bond acceptors (Lipinski definition) is 5. The predicted octanol–water partition coefficient (Wildman–Crippen LogP) is 2.38. The first-order chi connectivity index (χ1) is 14.6. The van der Waals surface area contributed by atoms with Gasteiger partial charge in [-0.15, -0.1) is 11.3 Å². The number of carbonyl (C=O) groups excluding carboxylic acids is 1. The number of rotatable bonds is 9. The van der Waals surface area contributed by atoms with Gasteiger partial charge < -0.3 is 26.0 Å². The predicted molar refractivity (Wildman–Crippen MR) is 124 cm³/mol. The Morgan fingerprint density at radius 3 is 2.67 bits per heavy atom. The van der Waals surface area contributed by atoms with Gasteiger partial charge in [0.05, 0.1) is 5.00 Å². The van der Waals surface area contributed by atoms with Crippen LogP contribution in [0.15, 0.2) is 46.8 Å². The standard InChI is InChI=1S/C22H31N5O2S/c1-2-24-22(26-18-10-13-27(14-11-18)21-4-3-15-30-21)25-12-9-17-5-7-19(8-6-17)29-16-20(23)28/h3-8,15,18H,2,9-14,16H2,1H3,(H2,23,28)(H2,24,25,26). The van der Waals surface area contributed by atoms with Crippen LogP contribution in [0.3, 0.4) is 0 Å². The summed E-state index contributed by atoms with van der Waals surface area (Å²) >= 11 is 1.81. The Labute approximate surface area is 182 Å². The van der Waals surface area contributed by atoms with E-state index in [2.05, 4.69) is 40.0 Å². The van der Waals surface area contributed by atoms with Gasteiger partial charge in [-0.25, -0.2) is 0 Å². The lowest BCUT2D eigenvalue weighted by Gasteiger charge is -2.33. The van der Waals surface area contributed by atoms with E-state index in [1.54, 1.807) is 0 Å². The van der Waals surface area contributed by atoms with E-state index in [4.69, 9.17) is 15.5 Å². The highest BCUT2D eigenvalue weighted by molar-refractivity contribution is 7.14. The average molecular weight is 430 g/mol. The number of nitrogens with two attached hydrogens (primary N) is 1. The summed E-state index contributed by atoms with van der Waals surface area (Å²) in [6.07, 6.45) is 3.05. The van der Waals surface area contributed by atoms with Crippen molar-refractivity contribution in [3.8, 4) is 5.75 Å². The Hall–Kier alpha value is -2.74. The molecule has 4 N–H and O–H groups in total. The lowest BCUT2D eigenvalue weighted by atomic mass is 10.1. The fourth-order valence-corrected chi connectivity index (χ4v) is 4.20. The maximum atomic E-state index is 10.8. The number of guanidine groups is 1. The monoisotopic (exact) mass is 429 g/mol. The highest BCUT2D eigenvalue weighted by atomic mass is 32.1. The van der Waals surface area contributed by atoms with Gasteiger partial charge >= 0.3 is 0 Å². The molecule has 1 fully saturated rings. The number of thiophene rings is 1. The lowest BCUT2D eigenvalue weighted by molar-refractivity contribution is -0.119. The Balaban J connectivity index is 1.44. The Kier molecular flexibility index (Phi) is 8.38. The van der Waals surface area contributed by atoms with Gasteiger partial charge in [-0.2, -0.15) is 0 Å². The van der Waals surface area contributed by atoms with Gasteiger partial charge in [-0.3, -0.25) is 9.79 Å². The van der Waals surface area contributed by atoms with Crippen molar-refractivity contribution in [2.45, 2.75) is 32.2 Å². The van der Waals surface area contributed by atoms with E-state index < -0.39 is 5.91 Å². The van der Waals surface area contributed by atoms with Crippen molar-refractivity contribution >= 4 is 28.2 Å². The molecule has 1 aromatic heterocycles. The van der Waals surface area contributed by atoms with Crippen molar-refractivity contribution in [3.05, 3.63) is 47.3 Å². The number of amides is 1. The number of hydrogen-bond donors (Lipinski definition) is 3. The first-order valence-corrected chi connectivity index (χ1v) is 11.4. The molecule has 8 heteroatoms. The van der Waals surface area contributed by atoms with Crippen molar-refractivity contribution in [1.29, 1.82) is 0 Å². The maximum absolute atomic E-state index is 10.8. The van der Waals surface area contributed by atoms with Crippen LogP contribution in [-0.2, 0) is 11.2 Å². The summed E-state index contributed by atoms with van der Waals surface area (Å²) in [6.45, 7) is 5.66. The zero-order valence-corrected chi connectivity index (χ0v) is 18.3. The maximum Gasteiger partial charge on any atom is 0.255 e. The van der Waals surface area contributed by atoms with Gasteiger partial charge in [-0.05, 0) is 61.4 Å². The molecular formula is C22H31N5O2S. The summed E-state index contributed by atoms with van der Waals surface area (Å²) in [5.74, 6) is 1.05. The molecule has 0 unspecified atom stereocenters. The molecule has 0 spiro atoms. The molecule has 7 nitrogen and oxygen atoms in total. The summed E-state index contributed by atoms with van der Waals surface area (Å²) in [4.78, 5) is 18.0. The number of ether oxygens (including phenoxy) is 1. The van der Waals surface area contributed by atoms with Crippen LogP contribution in [0.5, 0.6) is 5.75 Å². The Bertz CT molecular complexity index is 799. The Morgan fingerprint density at radius 2 is 2.03 bits per heavy atom. The minimum atomic E-state index is -0.478. The zero-order chi connectivity index (χ0) is 21.2. The van der Waals surface area contributed by atoms with E-state index in [0.29, 0.717) is 18.3 Å². The molecule has 1 aliphatic rings. The lowest BCUT2D eigenvalue weighted by Crippen LogP contribution is -2.48. The number of carbonyl (C=O) groups is 1. The number of aliphatic imine (C=N–C) groups is 1. The van der Waals surface area contributed by atoms with E-state index in [9.17, 15) is 4.79 Å². The van der Waals surface area contributed by atoms with Gasteiger partial charge in [0.2, 0.25) is 0 Å². The molecule has 162 valence electrons. The zero-order valence-electron chi connectivity index (χ0n) is 17.5. The molecule has 1 saturated heterocycles. The minimum absolute atomic E-state index is 0.104. The molecular weight excluding hydrogens is 398 g/mol. The SMILES string of the molecule is CCNC(=NCCc1ccc(OCC(N)=O)cc1)NC1CCN(c2cccs2)CC1. The quantitative estimate of drug-likeness (QED) is 0.420. The summed E-state index contributed by atoms with van der Waals surface area (Å²) in [7, 11) is 0. The molecule has 30 heavy (non-hydrogen) atoms. The number of nitrogens with zero attached hydrogens (tertiary/aromatic N) is 2. The van der Waals surface area contributed by atoms with Crippen LogP contribution in [0.4, 0.5) is 5.00 Å². The largest absolute Gasteiger partial charge is 0.484 e. The second-order valence-corrected chi connectivity index (χ2v) is 8.19. The van der Waals surface area contributed by atoms with E-state index >= 15 is 0 Å². The third-order valence-corrected chi connectivity index (χ3v) is 5.90. The third kappa shape index (κ3) is 6.95. The van der Waals surface area contributed by atoms with Crippen LogP contribution < -0.4 is 26.0 Å². The highest BCUT2D eigenvalue weighted by Gasteiger charge is 2.20. The molecule has 0 aliphatic carbocycles. The average Bonchev–Trinajstić information content (AvgIpc) is 3.29. The molecule has 0 radical (unpaired) electrons. The molecule has 0 atom stereocenters. The van der Waals surface area contributed by atoms with Gasteiger partial charge in [0.25, 0.3) is 5.91 Å². The van der Waals surface area contributed by atoms with E-state index in [0.717, 1.165) is 44.9 Å².